The highest BCUT2D eigenvalue weighted by molar-refractivity contribution is 5.94. The lowest BCUT2D eigenvalue weighted by molar-refractivity contribution is -0.121. The highest BCUT2D eigenvalue weighted by Crippen LogP contribution is 2.17. The van der Waals surface area contributed by atoms with Gasteiger partial charge in [-0.05, 0) is 31.9 Å². The Morgan fingerprint density at radius 2 is 2.00 bits per heavy atom. The van der Waals surface area contributed by atoms with Crippen LogP contribution in [0.3, 0.4) is 0 Å². The van der Waals surface area contributed by atoms with E-state index in [1.807, 2.05) is 18.2 Å². The van der Waals surface area contributed by atoms with E-state index < -0.39 is 0 Å². The minimum Gasteiger partial charge on any atom is -0.385 e. The van der Waals surface area contributed by atoms with Crippen LogP contribution in [0, 0.1) is 0 Å². The molecule has 0 bridgehead atoms. The highest BCUT2D eigenvalue weighted by Gasteiger charge is 2.16. The Balaban J connectivity index is 1.73. The van der Waals surface area contributed by atoms with Gasteiger partial charge in [0, 0.05) is 30.3 Å². The average Bonchev–Trinajstić information content (AvgIpc) is 2.92. The molecule has 0 unspecified atom stereocenters. The molecule has 0 spiro atoms. The molecule has 0 atom stereocenters. The largest absolute Gasteiger partial charge is 0.385 e. The molecule has 0 radical (unpaired) electrons. The fraction of sp³-hybridized carbons (Fsp3) is 0.500. The summed E-state index contributed by atoms with van der Waals surface area (Å²) in [6, 6.07) is 7.74. The minimum absolute atomic E-state index is 0.0487. The molecular formula is C16H22N2O2. The predicted molar refractivity (Wildman–Crippen MR) is 80.0 cm³/mol. The smallest absolute Gasteiger partial charge is 0.221 e. The van der Waals surface area contributed by atoms with Crippen molar-refractivity contribution in [2.24, 2.45) is 0 Å². The Kier molecular flexibility index (Phi) is 5.16. The molecule has 4 heteroatoms. The maximum absolute atomic E-state index is 11.8. The Morgan fingerprint density at radius 1 is 1.25 bits per heavy atom. The summed E-state index contributed by atoms with van der Waals surface area (Å²) in [5.74, 6) is 0.153. The predicted octanol–water partition coefficient (Wildman–Crippen LogP) is 2.75. The summed E-state index contributed by atoms with van der Waals surface area (Å²) in [5.41, 5.74) is 1.57. The summed E-state index contributed by atoms with van der Waals surface area (Å²) in [6.07, 6.45) is 5.13. The van der Waals surface area contributed by atoms with E-state index in [-0.39, 0.29) is 11.7 Å². The lowest BCUT2D eigenvalue weighted by Crippen LogP contribution is -2.33. The first-order chi connectivity index (χ1) is 9.65. The van der Waals surface area contributed by atoms with Crippen LogP contribution in [0.1, 0.15) is 49.4 Å². The molecule has 4 nitrogen and oxygen atoms in total. The molecule has 2 N–H and O–H groups in total. The molecule has 0 aromatic heterocycles. The lowest BCUT2D eigenvalue weighted by atomic mass is 10.1. The zero-order valence-electron chi connectivity index (χ0n) is 11.9. The first-order valence-corrected chi connectivity index (χ1v) is 7.29. The van der Waals surface area contributed by atoms with Gasteiger partial charge in [-0.15, -0.1) is 0 Å². The second-order valence-corrected chi connectivity index (χ2v) is 5.36. The number of amides is 1. The van der Waals surface area contributed by atoms with E-state index in [9.17, 15) is 9.59 Å². The first kappa shape index (κ1) is 14.6. The highest BCUT2D eigenvalue weighted by atomic mass is 16.1. The van der Waals surface area contributed by atoms with Crippen LogP contribution in [-0.2, 0) is 4.79 Å². The molecule has 0 heterocycles. The van der Waals surface area contributed by atoms with Crippen LogP contribution in [0.4, 0.5) is 5.69 Å². The fourth-order valence-corrected chi connectivity index (χ4v) is 2.54. The number of Topliss-reactive ketones (excluding diaryl/α,β-unsaturated/α-hetero) is 1. The van der Waals surface area contributed by atoms with Gasteiger partial charge < -0.3 is 10.6 Å². The van der Waals surface area contributed by atoms with Crippen molar-refractivity contribution < 1.29 is 9.59 Å². The van der Waals surface area contributed by atoms with Crippen molar-refractivity contribution in [1.82, 2.24) is 5.32 Å². The van der Waals surface area contributed by atoms with Gasteiger partial charge in [0.1, 0.15) is 0 Å². The average molecular weight is 274 g/mol. The standard InChI is InChI=1S/C16H22N2O2/c1-12(19)13-5-4-8-15(11-13)17-10-9-16(20)18-14-6-2-3-7-14/h4-5,8,11,14,17H,2-3,6-7,9-10H2,1H3,(H,18,20). The molecule has 0 aliphatic heterocycles. The van der Waals surface area contributed by atoms with Crippen molar-refractivity contribution in [3.8, 4) is 0 Å². The zero-order chi connectivity index (χ0) is 14.4. The van der Waals surface area contributed by atoms with Gasteiger partial charge in [0.15, 0.2) is 5.78 Å². The molecule has 1 saturated carbocycles. The topological polar surface area (TPSA) is 58.2 Å². The molecule has 2 rings (SSSR count). The van der Waals surface area contributed by atoms with E-state index in [0.29, 0.717) is 24.6 Å². The van der Waals surface area contributed by atoms with E-state index in [4.69, 9.17) is 0 Å². The number of ketones is 1. The van der Waals surface area contributed by atoms with Crippen LogP contribution >= 0.6 is 0 Å². The summed E-state index contributed by atoms with van der Waals surface area (Å²) in [6.45, 7) is 2.13. The summed E-state index contributed by atoms with van der Waals surface area (Å²) >= 11 is 0. The van der Waals surface area contributed by atoms with E-state index >= 15 is 0 Å². The van der Waals surface area contributed by atoms with Crippen LogP contribution < -0.4 is 10.6 Å². The quantitative estimate of drug-likeness (QED) is 0.784. The zero-order valence-corrected chi connectivity index (χ0v) is 11.9. The van der Waals surface area contributed by atoms with Crippen molar-refractivity contribution in [3.05, 3.63) is 29.8 Å². The van der Waals surface area contributed by atoms with E-state index in [1.54, 1.807) is 13.0 Å². The Hall–Kier alpha value is -1.84. The molecule has 1 amide bonds. The third-order valence-corrected chi connectivity index (χ3v) is 3.67. The van der Waals surface area contributed by atoms with Gasteiger partial charge in [0.2, 0.25) is 5.91 Å². The molecule has 20 heavy (non-hydrogen) atoms. The van der Waals surface area contributed by atoms with Gasteiger partial charge in [-0.25, -0.2) is 0 Å². The minimum atomic E-state index is 0.0487. The van der Waals surface area contributed by atoms with E-state index in [0.717, 1.165) is 18.5 Å². The normalized spacial score (nSPS) is 15.1. The van der Waals surface area contributed by atoms with Gasteiger partial charge in [0.25, 0.3) is 0 Å². The number of hydrogen-bond donors (Lipinski definition) is 2. The maximum atomic E-state index is 11.8. The summed E-state index contributed by atoms with van der Waals surface area (Å²) in [5, 5.41) is 6.24. The molecule has 0 saturated heterocycles. The summed E-state index contributed by atoms with van der Waals surface area (Å²) in [7, 11) is 0. The van der Waals surface area contributed by atoms with Crippen molar-refractivity contribution in [3.63, 3.8) is 0 Å². The van der Waals surface area contributed by atoms with Crippen LogP contribution in [-0.4, -0.2) is 24.3 Å². The van der Waals surface area contributed by atoms with Crippen molar-refractivity contribution in [1.29, 1.82) is 0 Å². The molecular weight excluding hydrogens is 252 g/mol. The van der Waals surface area contributed by atoms with E-state index in [2.05, 4.69) is 10.6 Å². The Morgan fingerprint density at radius 3 is 2.70 bits per heavy atom. The first-order valence-electron chi connectivity index (χ1n) is 7.29. The third-order valence-electron chi connectivity index (χ3n) is 3.67. The van der Waals surface area contributed by atoms with Crippen molar-refractivity contribution in [2.75, 3.05) is 11.9 Å². The monoisotopic (exact) mass is 274 g/mol. The van der Waals surface area contributed by atoms with Gasteiger partial charge in [-0.1, -0.05) is 25.0 Å². The second kappa shape index (κ2) is 7.08. The number of anilines is 1. The number of carbonyl (C=O) groups excluding carboxylic acids is 2. The lowest BCUT2D eigenvalue weighted by Gasteiger charge is -2.12. The fourth-order valence-electron chi connectivity index (χ4n) is 2.54. The summed E-state index contributed by atoms with van der Waals surface area (Å²) < 4.78 is 0. The van der Waals surface area contributed by atoms with Crippen LogP contribution in [0.25, 0.3) is 0 Å². The van der Waals surface area contributed by atoms with Gasteiger partial charge in [0.05, 0.1) is 0 Å². The number of hydrogen-bond acceptors (Lipinski definition) is 3. The molecule has 1 aliphatic rings. The molecule has 1 aromatic carbocycles. The SMILES string of the molecule is CC(=O)c1cccc(NCCC(=O)NC2CCCC2)c1. The third kappa shape index (κ3) is 4.37. The van der Waals surface area contributed by atoms with Crippen molar-refractivity contribution in [2.45, 2.75) is 45.1 Å². The van der Waals surface area contributed by atoms with Crippen molar-refractivity contribution >= 4 is 17.4 Å². The van der Waals surface area contributed by atoms with Gasteiger partial charge in [-0.3, -0.25) is 9.59 Å². The van der Waals surface area contributed by atoms with Crippen LogP contribution in [0.2, 0.25) is 0 Å². The number of nitrogens with one attached hydrogen (secondary N) is 2. The van der Waals surface area contributed by atoms with Gasteiger partial charge in [-0.2, -0.15) is 0 Å². The molecule has 1 aliphatic carbocycles. The Bertz CT molecular complexity index is 479. The second-order valence-electron chi connectivity index (χ2n) is 5.36. The maximum Gasteiger partial charge on any atom is 0.221 e. The van der Waals surface area contributed by atoms with Crippen LogP contribution in [0.15, 0.2) is 24.3 Å². The Labute approximate surface area is 119 Å². The van der Waals surface area contributed by atoms with E-state index in [1.165, 1.54) is 12.8 Å². The molecule has 1 aromatic rings. The molecule has 1 fully saturated rings. The number of rotatable bonds is 6. The molecule has 108 valence electrons. The number of benzene rings is 1. The summed E-state index contributed by atoms with van der Waals surface area (Å²) in [4.78, 5) is 23.0. The number of carbonyl (C=O) groups is 2. The van der Waals surface area contributed by atoms with Gasteiger partial charge >= 0.3 is 0 Å². The van der Waals surface area contributed by atoms with Crippen LogP contribution in [0.5, 0.6) is 0 Å².